The van der Waals surface area contributed by atoms with Crippen molar-refractivity contribution in [2.45, 2.75) is 0 Å². The molecule has 1 atom stereocenters. The van der Waals surface area contributed by atoms with Gasteiger partial charge in [-0.3, -0.25) is 0 Å². The Labute approximate surface area is 91.7 Å². The van der Waals surface area contributed by atoms with Crippen LogP contribution in [0.3, 0.4) is 0 Å². The van der Waals surface area contributed by atoms with Crippen LogP contribution >= 0.6 is 28.4 Å². The highest BCUT2D eigenvalue weighted by Gasteiger charge is 1.99. The van der Waals surface area contributed by atoms with Crippen molar-refractivity contribution >= 4 is 28.4 Å². The second kappa shape index (κ2) is 4.20. The molecular weight excluding hydrogens is 294 g/mol. The van der Waals surface area contributed by atoms with Crippen LogP contribution in [-0.4, -0.2) is 9.55 Å². The van der Waals surface area contributed by atoms with Gasteiger partial charge in [-0.1, -0.05) is 30.3 Å². The summed E-state index contributed by atoms with van der Waals surface area (Å²) in [6.45, 7) is 0. The molecule has 13 heavy (non-hydrogen) atoms. The van der Waals surface area contributed by atoms with Gasteiger partial charge in [-0.25, -0.2) is 4.45 Å². The molecule has 2 nitrogen and oxygen atoms in total. The zero-order chi connectivity index (χ0) is 9.10. The highest BCUT2D eigenvalue weighted by molar-refractivity contribution is 14.2. The number of rotatable bonds is 2. The number of aromatic nitrogens is 2. The Morgan fingerprint density at radius 1 is 1.15 bits per heavy atom. The average molecular weight is 302 g/mol. The summed E-state index contributed by atoms with van der Waals surface area (Å²) in [6, 6.07) is 12.3. The molecule has 4 heteroatoms. The molecule has 0 spiro atoms. The van der Waals surface area contributed by atoms with E-state index in [4.69, 9.17) is 0 Å². The van der Waals surface area contributed by atoms with E-state index in [0.717, 1.165) is 5.69 Å². The van der Waals surface area contributed by atoms with E-state index in [-0.39, 0.29) is 0 Å². The zero-order valence-corrected chi connectivity index (χ0v) is 9.97. The van der Waals surface area contributed by atoms with Crippen LogP contribution in [0, 0.1) is 0 Å². The van der Waals surface area contributed by atoms with Crippen molar-refractivity contribution in [1.82, 2.24) is 9.55 Å². The highest BCUT2D eigenvalue weighted by atomic mass is 127. The first-order chi connectivity index (χ1) is 6.40. The van der Waals surface area contributed by atoms with Crippen molar-refractivity contribution in [3.8, 4) is 11.3 Å². The topological polar surface area (TPSA) is 17.8 Å². The van der Waals surface area contributed by atoms with Gasteiger partial charge < -0.3 is 0 Å². The second-order valence-corrected chi connectivity index (χ2v) is 4.67. The first kappa shape index (κ1) is 9.16. The molecule has 0 aliphatic rings. The number of hydrogen-bond donors (Lipinski definition) is 0. The maximum Gasteiger partial charge on any atom is 0.0926 e. The van der Waals surface area contributed by atoms with Crippen LogP contribution in [0.5, 0.6) is 0 Å². The van der Waals surface area contributed by atoms with Gasteiger partial charge >= 0.3 is 0 Å². The minimum absolute atomic E-state index is 0.671. The van der Waals surface area contributed by atoms with Gasteiger partial charge in [0.2, 0.25) is 0 Å². The van der Waals surface area contributed by atoms with Crippen LogP contribution in [0.2, 0.25) is 0 Å². The SMILES string of the molecule is IPn1ccc(-c2ccccc2)n1. The summed E-state index contributed by atoms with van der Waals surface area (Å²) >= 11 is 2.31. The molecule has 0 aliphatic carbocycles. The summed E-state index contributed by atoms with van der Waals surface area (Å²) in [5.74, 6) is 0. The van der Waals surface area contributed by atoms with Crippen molar-refractivity contribution in [3.63, 3.8) is 0 Å². The molecule has 1 aromatic carbocycles. The van der Waals surface area contributed by atoms with Crippen LogP contribution in [-0.2, 0) is 0 Å². The van der Waals surface area contributed by atoms with Crippen molar-refractivity contribution in [2.75, 3.05) is 0 Å². The van der Waals surface area contributed by atoms with Crippen molar-refractivity contribution in [1.29, 1.82) is 0 Å². The normalized spacial score (nSPS) is 11.2. The van der Waals surface area contributed by atoms with Crippen molar-refractivity contribution in [2.24, 2.45) is 0 Å². The molecule has 1 unspecified atom stereocenters. The van der Waals surface area contributed by atoms with Crippen LogP contribution < -0.4 is 0 Å². The second-order valence-electron chi connectivity index (χ2n) is 2.60. The molecule has 0 aliphatic heterocycles. The van der Waals surface area contributed by atoms with Crippen LogP contribution in [0.25, 0.3) is 11.3 Å². The molecule has 2 aromatic rings. The Bertz CT molecular complexity index is 386. The molecule has 0 saturated heterocycles. The number of benzene rings is 1. The van der Waals surface area contributed by atoms with Gasteiger partial charge in [0.15, 0.2) is 0 Å². The van der Waals surface area contributed by atoms with E-state index >= 15 is 0 Å². The summed E-state index contributed by atoms with van der Waals surface area (Å²) < 4.78 is 1.95. The predicted octanol–water partition coefficient (Wildman–Crippen LogP) is 3.34. The first-order valence-electron chi connectivity index (χ1n) is 3.88. The molecule has 66 valence electrons. The Morgan fingerprint density at radius 2 is 1.92 bits per heavy atom. The molecule has 0 amide bonds. The fraction of sp³-hybridized carbons (Fsp3) is 0. The van der Waals surface area contributed by atoms with E-state index in [9.17, 15) is 0 Å². The van der Waals surface area contributed by atoms with Gasteiger partial charge in [-0.2, -0.15) is 5.10 Å². The molecule has 1 heterocycles. The molecule has 0 N–H and O–H groups in total. The Morgan fingerprint density at radius 3 is 2.54 bits per heavy atom. The first-order valence-corrected chi connectivity index (χ1v) is 7.94. The maximum absolute atomic E-state index is 4.42. The largest absolute Gasteiger partial charge is 0.245 e. The summed E-state index contributed by atoms with van der Waals surface area (Å²) in [7, 11) is 0. The minimum atomic E-state index is 0.671. The lowest BCUT2D eigenvalue weighted by Gasteiger charge is -1.94. The maximum atomic E-state index is 4.42. The molecule has 2 rings (SSSR count). The van der Waals surface area contributed by atoms with Crippen LogP contribution in [0.4, 0.5) is 0 Å². The quantitative estimate of drug-likeness (QED) is 0.614. The van der Waals surface area contributed by atoms with E-state index in [1.807, 2.05) is 34.9 Å². The molecule has 0 bridgehead atoms. The van der Waals surface area contributed by atoms with E-state index in [0.29, 0.717) is 6.37 Å². The lowest BCUT2D eigenvalue weighted by molar-refractivity contribution is 1.02. The van der Waals surface area contributed by atoms with Crippen molar-refractivity contribution < 1.29 is 0 Å². The molecule has 1 aromatic heterocycles. The third kappa shape index (κ3) is 2.09. The fourth-order valence-corrected chi connectivity index (χ4v) is 2.22. The Hall–Kier alpha value is -0.410. The van der Waals surface area contributed by atoms with Gasteiger partial charge in [-0.05, 0) is 28.1 Å². The highest BCUT2D eigenvalue weighted by Crippen LogP contribution is 2.25. The number of halogens is 1. The van der Waals surface area contributed by atoms with E-state index in [1.54, 1.807) is 0 Å². The number of nitrogens with zero attached hydrogens (tertiary/aromatic N) is 2. The molecule has 0 fully saturated rings. The minimum Gasteiger partial charge on any atom is -0.245 e. The van der Waals surface area contributed by atoms with E-state index in [1.165, 1.54) is 5.56 Å². The summed E-state index contributed by atoms with van der Waals surface area (Å²) in [4.78, 5) is 0. The van der Waals surface area contributed by atoms with E-state index < -0.39 is 0 Å². The molecule has 0 radical (unpaired) electrons. The standard InChI is InChI=1S/C9H8IN2P/c10-13-12-7-6-9(11-12)8-4-2-1-3-5-8/h1-7,13H. The van der Waals surface area contributed by atoms with Gasteiger partial charge in [0.1, 0.15) is 0 Å². The lowest BCUT2D eigenvalue weighted by atomic mass is 10.2. The third-order valence-corrected chi connectivity index (χ3v) is 3.65. The fourth-order valence-electron chi connectivity index (χ4n) is 1.13. The predicted molar refractivity (Wildman–Crippen MR) is 65.4 cm³/mol. The van der Waals surface area contributed by atoms with Crippen LogP contribution in [0.1, 0.15) is 0 Å². The summed E-state index contributed by atoms with van der Waals surface area (Å²) in [5.41, 5.74) is 2.22. The summed E-state index contributed by atoms with van der Waals surface area (Å²) in [5, 5.41) is 4.42. The van der Waals surface area contributed by atoms with Gasteiger partial charge in [0.05, 0.1) is 12.1 Å². The van der Waals surface area contributed by atoms with E-state index in [2.05, 4.69) is 39.3 Å². The smallest absolute Gasteiger partial charge is 0.0926 e. The van der Waals surface area contributed by atoms with Crippen molar-refractivity contribution in [3.05, 3.63) is 42.6 Å². The monoisotopic (exact) mass is 302 g/mol. The Balaban J connectivity index is 2.36. The van der Waals surface area contributed by atoms with Gasteiger partial charge in [0.25, 0.3) is 0 Å². The average Bonchev–Trinajstić information content (AvgIpc) is 2.67. The van der Waals surface area contributed by atoms with Gasteiger partial charge in [-0.15, -0.1) is 0 Å². The third-order valence-electron chi connectivity index (χ3n) is 1.75. The molecule has 0 saturated carbocycles. The summed E-state index contributed by atoms with van der Waals surface area (Å²) in [6.07, 6.45) is 2.68. The Kier molecular flexibility index (Phi) is 2.96. The lowest BCUT2D eigenvalue weighted by Crippen LogP contribution is -1.81. The zero-order valence-electron chi connectivity index (χ0n) is 6.81. The van der Waals surface area contributed by atoms with Gasteiger partial charge in [0, 0.05) is 11.8 Å². The number of hydrogen-bond acceptors (Lipinski definition) is 1. The molecular formula is C9H8IN2P. The van der Waals surface area contributed by atoms with Crippen LogP contribution in [0.15, 0.2) is 42.6 Å².